The average Bonchev–Trinajstić information content (AvgIpc) is 2.37. The topological polar surface area (TPSA) is 92.8 Å². The van der Waals surface area contributed by atoms with E-state index in [4.69, 9.17) is 4.74 Å². The zero-order valence-corrected chi connectivity index (χ0v) is 10.7. The molecular formula is C11H15NO5S. The van der Waals surface area contributed by atoms with Crippen LogP contribution in [0.5, 0.6) is 5.75 Å². The van der Waals surface area contributed by atoms with Gasteiger partial charge in [0.2, 0.25) is 0 Å². The van der Waals surface area contributed by atoms with Gasteiger partial charge in [0.15, 0.2) is 0 Å². The van der Waals surface area contributed by atoms with Gasteiger partial charge in [-0.3, -0.25) is 10.1 Å². The second kappa shape index (κ2) is 6.58. The lowest BCUT2D eigenvalue weighted by molar-refractivity contribution is -0.385. The van der Waals surface area contributed by atoms with Crippen LogP contribution in [0.4, 0.5) is 5.69 Å². The quantitative estimate of drug-likeness (QED) is 0.413. The van der Waals surface area contributed by atoms with Crippen molar-refractivity contribution in [1.29, 1.82) is 0 Å². The Kier molecular flexibility index (Phi) is 5.39. The minimum atomic E-state index is -1.16. The van der Waals surface area contributed by atoms with Crippen LogP contribution in [0.15, 0.2) is 18.2 Å². The number of non-ortho nitro benzene ring substituents is 1. The number of nitro benzene ring substituents is 1. The monoisotopic (exact) mass is 273 g/mol. The Labute approximate surface area is 110 Å². The molecule has 6 nitrogen and oxygen atoms in total. The van der Waals surface area contributed by atoms with Crippen molar-refractivity contribution < 1.29 is 19.9 Å². The molecule has 2 atom stereocenters. The fraction of sp³-hybridized carbons (Fsp3) is 0.455. The van der Waals surface area contributed by atoms with Gasteiger partial charge in [-0.1, -0.05) is 0 Å². The molecular weight excluding hydrogens is 258 g/mol. The second-order valence-electron chi connectivity index (χ2n) is 3.71. The highest BCUT2D eigenvalue weighted by Crippen LogP contribution is 2.31. The summed E-state index contributed by atoms with van der Waals surface area (Å²) in [6.07, 6.45) is -1.84. The summed E-state index contributed by atoms with van der Waals surface area (Å²) >= 11 is 3.97. The maximum absolute atomic E-state index is 10.6. The molecule has 1 aromatic rings. The van der Waals surface area contributed by atoms with E-state index in [1.807, 2.05) is 0 Å². The van der Waals surface area contributed by atoms with E-state index in [2.05, 4.69) is 12.6 Å². The molecule has 0 aliphatic carbocycles. The standard InChI is InChI=1S/C11H15NO5S/c1-17-10-6-7(12(15)16)2-3-8(10)11(14)9(13)4-5-18/h2-3,6,9,11,13-14,18H,4-5H2,1H3. The summed E-state index contributed by atoms with van der Waals surface area (Å²) < 4.78 is 4.99. The summed E-state index contributed by atoms with van der Waals surface area (Å²) in [6.45, 7) is 0. The van der Waals surface area contributed by atoms with Gasteiger partial charge in [0.25, 0.3) is 5.69 Å². The first-order valence-electron chi connectivity index (χ1n) is 5.30. The molecule has 0 saturated carbocycles. The Morgan fingerprint density at radius 3 is 2.67 bits per heavy atom. The Hall–Kier alpha value is -1.31. The van der Waals surface area contributed by atoms with E-state index in [-0.39, 0.29) is 11.4 Å². The third-order valence-electron chi connectivity index (χ3n) is 2.54. The molecule has 0 bridgehead atoms. The maximum atomic E-state index is 10.6. The van der Waals surface area contributed by atoms with E-state index >= 15 is 0 Å². The second-order valence-corrected chi connectivity index (χ2v) is 4.16. The van der Waals surface area contributed by atoms with Gasteiger partial charge in [0.1, 0.15) is 11.9 Å². The molecule has 0 aromatic heterocycles. The lowest BCUT2D eigenvalue weighted by Gasteiger charge is -2.19. The summed E-state index contributed by atoms with van der Waals surface area (Å²) in [7, 11) is 1.35. The van der Waals surface area contributed by atoms with Crippen molar-refractivity contribution in [1.82, 2.24) is 0 Å². The molecule has 1 rings (SSSR count). The molecule has 0 saturated heterocycles. The van der Waals surface area contributed by atoms with Gasteiger partial charge in [0, 0.05) is 11.6 Å². The number of nitrogens with zero attached hydrogens (tertiary/aromatic N) is 1. The van der Waals surface area contributed by atoms with Crippen molar-refractivity contribution >= 4 is 18.3 Å². The van der Waals surface area contributed by atoms with Crippen LogP contribution in [-0.2, 0) is 0 Å². The van der Waals surface area contributed by atoms with Crippen molar-refractivity contribution in [2.45, 2.75) is 18.6 Å². The maximum Gasteiger partial charge on any atom is 0.273 e. The highest BCUT2D eigenvalue weighted by atomic mass is 32.1. The zero-order valence-electron chi connectivity index (χ0n) is 9.81. The first-order chi connectivity index (χ1) is 8.51. The van der Waals surface area contributed by atoms with Gasteiger partial charge in [-0.2, -0.15) is 12.6 Å². The van der Waals surface area contributed by atoms with Crippen LogP contribution < -0.4 is 4.74 Å². The van der Waals surface area contributed by atoms with Crippen molar-refractivity contribution in [3.05, 3.63) is 33.9 Å². The Bertz CT molecular complexity index is 426. The van der Waals surface area contributed by atoms with Crippen LogP contribution >= 0.6 is 12.6 Å². The SMILES string of the molecule is COc1cc([N+](=O)[O-])ccc1C(O)C(O)CCS. The summed E-state index contributed by atoms with van der Waals surface area (Å²) in [6, 6.07) is 3.85. The van der Waals surface area contributed by atoms with Crippen LogP contribution in [0, 0.1) is 10.1 Å². The average molecular weight is 273 g/mol. The molecule has 7 heteroatoms. The number of rotatable bonds is 6. The van der Waals surface area contributed by atoms with Crippen molar-refractivity contribution in [3.63, 3.8) is 0 Å². The van der Waals surface area contributed by atoms with E-state index in [0.29, 0.717) is 17.7 Å². The number of hydrogen-bond donors (Lipinski definition) is 3. The first-order valence-corrected chi connectivity index (χ1v) is 5.93. The third kappa shape index (κ3) is 3.34. The Morgan fingerprint density at radius 2 is 2.17 bits per heavy atom. The van der Waals surface area contributed by atoms with Gasteiger partial charge in [-0.05, 0) is 18.2 Å². The minimum absolute atomic E-state index is 0.133. The molecule has 0 radical (unpaired) electrons. The number of methoxy groups -OCH3 is 1. The minimum Gasteiger partial charge on any atom is -0.496 e. The molecule has 0 aliphatic heterocycles. The van der Waals surface area contributed by atoms with E-state index in [1.54, 1.807) is 0 Å². The van der Waals surface area contributed by atoms with E-state index in [1.165, 1.54) is 25.3 Å². The number of ether oxygens (including phenoxy) is 1. The van der Waals surface area contributed by atoms with Gasteiger partial charge in [0.05, 0.1) is 24.2 Å². The molecule has 0 fully saturated rings. The largest absolute Gasteiger partial charge is 0.496 e. The molecule has 1 aromatic carbocycles. The van der Waals surface area contributed by atoms with Gasteiger partial charge in [-0.25, -0.2) is 0 Å². The lowest BCUT2D eigenvalue weighted by atomic mass is 10.0. The molecule has 0 heterocycles. The van der Waals surface area contributed by atoms with E-state index in [9.17, 15) is 20.3 Å². The van der Waals surface area contributed by atoms with Gasteiger partial charge < -0.3 is 14.9 Å². The summed E-state index contributed by atoms with van der Waals surface area (Å²) in [5, 5.41) is 30.2. The molecule has 0 amide bonds. The highest BCUT2D eigenvalue weighted by molar-refractivity contribution is 7.80. The third-order valence-corrected chi connectivity index (χ3v) is 2.79. The summed E-state index contributed by atoms with van der Waals surface area (Å²) in [5.74, 6) is 0.600. The summed E-state index contributed by atoms with van der Waals surface area (Å²) in [5.41, 5.74) is 0.184. The van der Waals surface area contributed by atoms with Crippen molar-refractivity contribution in [2.75, 3.05) is 12.9 Å². The van der Waals surface area contributed by atoms with Gasteiger partial charge in [-0.15, -0.1) is 0 Å². The highest BCUT2D eigenvalue weighted by Gasteiger charge is 2.23. The molecule has 2 unspecified atom stereocenters. The van der Waals surface area contributed by atoms with Gasteiger partial charge >= 0.3 is 0 Å². The molecule has 18 heavy (non-hydrogen) atoms. The van der Waals surface area contributed by atoms with Crippen LogP contribution in [0.25, 0.3) is 0 Å². The Balaban J connectivity index is 3.05. The fourth-order valence-electron chi connectivity index (χ4n) is 1.56. The fourth-order valence-corrected chi connectivity index (χ4v) is 1.82. The van der Waals surface area contributed by atoms with Crippen LogP contribution in [-0.4, -0.2) is 34.1 Å². The van der Waals surface area contributed by atoms with Crippen molar-refractivity contribution in [2.24, 2.45) is 0 Å². The number of aliphatic hydroxyl groups is 2. The number of nitro groups is 1. The normalized spacial score (nSPS) is 14.0. The van der Waals surface area contributed by atoms with Crippen molar-refractivity contribution in [3.8, 4) is 5.75 Å². The zero-order chi connectivity index (χ0) is 13.7. The number of benzene rings is 1. The van der Waals surface area contributed by atoms with Crippen LogP contribution in [0.2, 0.25) is 0 Å². The molecule has 0 aliphatic rings. The number of hydrogen-bond acceptors (Lipinski definition) is 6. The summed E-state index contributed by atoms with van der Waals surface area (Å²) in [4.78, 5) is 10.1. The number of aliphatic hydroxyl groups excluding tert-OH is 2. The van der Waals surface area contributed by atoms with E-state index in [0.717, 1.165) is 0 Å². The molecule has 2 N–H and O–H groups in total. The number of thiol groups is 1. The first kappa shape index (κ1) is 14.7. The smallest absolute Gasteiger partial charge is 0.273 e. The Morgan fingerprint density at radius 1 is 1.50 bits per heavy atom. The molecule has 0 spiro atoms. The van der Waals surface area contributed by atoms with E-state index < -0.39 is 17.1 Å². The van der Waals surface area contributed by atoms with Crippen LogP contribution in [0.3, 0.4) is 0 Å². The molecule has 100 valence electrons. The van der Waals surface area contributed by atoms with Crippen LogP contribution in [0.1, 0.15) is 18.1 Å². The predicted octanol–water partition coefficient (Wildman–Crippen LogP) is 1.32. The predicted molar refractivity (Wildman–Crippen MR) is 69.1 cm³/mol. The lowest BCUT2D eigenvalue weighted by Crippen LogP contribution is -2.19.